The molecule has 7 heteroatoms. The van der Waals surface area contributed by atoms with Crippen LogP contribution in [0, 0.1) is 11.3 Å². The summed E-state index contributed by atoms with van der Waals surface area (Å²) in [6, 6.07) is 13.3. The summed E-state index contributed by atoms with van der Waals surface area (Å²) in [5, 5.41) is 17.8. The Labute approximate surface area is 143 Å². The molecule has 0 saturated carbocycles. The van der Waals surface area contributed by atoms with Crippen LogP contribution in [0.5, 0.6) is 5.75 Å². The minimum atomic E-state index is 0.170. The SMILES string of the molecule is COc1ccc2[nH]nc(-c3cc(-c4ccc[nH]4)nc(N)c3C#N)c2c1. The van der Waals surface area contributed by atoms with E-state index >= 15 is 0 Å². The Balaban J connectivity index is 2.00. The van der Waals surface area contributed by atoms with Gasteiger partial charge in [0, 0.05) is 17.1 Å². The summed E-state index contributed by atoms with van der Waals surface area (Å²) < 4.78 is 5.30. The van der Waals surface area contributed by atoms with Gasteiger partial charge in [-0.1, -0.05) is 0 Å². The van der Waals surface area contributed by atoms with Crippen molar-refractivity contribution in [3.05, 3.63) is 48.2 Å². The normalized spacial score (nSPS) is 10.7. The van der Waals surface area contributed by atoms with Gasteiger partial charge in [0.05, 0.1) is 24.0 Å². The van der Waals surface area contributed by atoms with Crippen molar-refractivity contribution in [2.75, 3.05) is 12.8 Å². The highest BCUT2D eigenvalue weighted by atomic mass is 16.5. The van der Waals surface area contributed by atoms with E-state index in [0.717, 1.165) is 16.6 Å². The number of rotatable bonds is 3. The third-order valence-corrected chi connectivity index (χ3v) is 4.06. The van der Waals surface area contributed by atoms with Crippen molar-refractivity contribution < 1.29 is 4.74 Å². The number of methoxy groups -OCH3 is 1. The lowest BCUT2D eigenvalue weighted by atomic mass is 10.0. The van der Waals surface area contributed by atoms with Crippen molar-refractivity contribution in [2.24, 2.45) is 0 Å². The predicted molar refractivity (Wildman–Crippen MR) is 94.8 cm³/mol. The molecular weight excluding hydrogens is 316 g/mol. The smallest absolute Gasteiger partial charge is 0.142 e. The third-order valence-electron chi connectivity index (χ3n) is 4.06. The van der Waals surface area contributed by atoms with Crippen LogP contribution in [-0.4, -0.2) is 27.3 Å². The van der Waals surface area contributed by atoms with Crippen LogP contribution in [0.1, 0.15) is 5.56 Å². The van der Waals surface area contributed by atoms with Crippen molar-refractivity contribution in [1.82, 2.24) is 20.2 Å². The predicted octanol–water partition coefficient (Wildman–Crippen LogP) is 3.08. The first-order chi connectivity index (χ1) is 12.2. The van der Waals surface area contributed by atoms with E-state index in [4.69, 9.17) is 10.5 Å². The maximum absolute atomic E-state index is 9.55. The van der Waals surface area contributed by atoms with Gasteiger partial charge in [0.2, 0.25) is 0 Å². The molecule has 3 heterocycles. The number of nitrogen functional groups attached to an aromatic ring is 1. The number of fused-ring (bicyclic) bond motifs is 1. The Kier molecular flexibility index (Phi) is 3.36. The number of nitrogens with two attached hydrogens (primary N) is 1. The summed E-state index contributed by atoms with van der Waals surface area (Å²) >= 11 is 0. The first kappa shape index (κ1) is 14.8. The Bertz CT molecular complexity index is 1100. The summed E-state index contributed by atoms with van der Waals surface area (Å²) in [5.41, 5.74) is 9.90. The Hall–Kier alpha value is -3.79. The molecule has 0 saturated heterocycles. The average molecular weight is 330 g/mol. The molecule has 25 heavy (non-hydrogen) atoms. The number of hydrogen-bond acceptors (Lipinski definition) is 5. The van der Waals surface area contributed by atoms with E-state index in [1.807, 2.05) is 36.4 Å². The van der Waals surface area contributed by atoms with Crippen LogP contribution in [-0.2, 0) is 0 Å². The molecule has 0 amide bonds. The van der Waals surface area contributed by atoms with Crippen LogP contribution in [0.2, 0.25) is 0 Å². The van der Waals surface area contributed by atoms with Gasteiger partial charge in [0.25, 0.3) is 0 Å². The van der Waals surface area contributed by atoms with E-state index in [1.54, 1.807) is 13.3 Å². The number of anilines is 1. The molecule has 4 N–H and O–H groups in total. The summed E-state index contributed by atoms with van der Waals surface area (Å²) in [6.45, 7) is 0. The summed E-state index contributed by atoms with van der Waals surface area (Å²) in [4.78, 5) is 7.43. The van der Waals surface area contributed by atoms with Crippen LogP contribution in [0.25, 0.3) is 33.5 Å². The first-order valence-electron chi connectivity index (χ1n) is 7.58. The largest absolute Gasteiger partial charge is 0.497 e. The number of H-pyrrole nitrogens is 2. The van der Waals surface area contributed by atoms with Crippen LogP contribution >= 0.6 is 0 Å². The molecule has 0 aliphatic rings. The molecule has 0 radical (unpaired) electrons. The zero-order valence-electron chi connectivity index (χ0n) is 13.4. The fourth-order valence-electron chi connectivity index (χ4n) is 2.82. The quantitative estimate of drug-likeness (QED) is 0.534. The minimum absolute atomic E-state index is 0.170. The average Bonchev–Trinajstić information content (AvgIpc) is 3.30. The van der Waals surface area contributed by atoms with Crippen molar-refractivity contribution in [3.63, 3.8) is 0 Å². The first-order valence-corrected chi connectivity index (χ1v) is 7.58. The lowest BCUT2D eigenvalue weighted by Gasteiger charge is -2.08. The lowest BCUT2D eigenvalue weighted by molar-refractivity contribution is 0.415. The third kappa shape index (κ3) is 2.37. The zero-order chi connectivity index (χ0) is 17.4. The van der Waals surface area contributed by atoms with Gasteiger partial charge in [0.15, 0.2) is 0 Å². The Morgan fingerprint density at radius 1 is 1.24 bits per heavy atom. The van der Waals surface area contributed by atoms with E-state index in [-0.39, 0.29) is 5.82 Å². The molecule has 0 aliphatic heterocycles. The monoisotopic (exact) mass is 330 g/mol. The van der Waals surface area contributed by atoms with Crippen LogP contribution in [0.15, 0.2) is 42.6 Å². The molecular formula is C18H14N6O. The molecule has 122 valence electrons. The van der Waals surface area contributed by atoms with Gasteiger partial charge in [-0.15, -0.1) is 0 Å². The second-order valence-corrected chi connectivity index (χ2v) is 5.49. The van der Waals surface area contributed by atoms with Gasteiger partial charge in [-0.25, -0.2) is 4.98 Å². The van der Waals surface area contributed by atoms with Crippen molar-refractivity contribution >= 4 is 16.7 Å². The topological polar surface area (TPSA) is 116 Å². The number of nitrogens with zero attached hydrogens (tertiary/aromatic N) is 3. The fourth-order valence-corrected chi connectivity index (χ4v) is 2.82. The molecule has 0 aliphatic carbocycles. The molecule has 4 rings (SSSR count). The number of nitrogens with one attached hydrogen (secondary N) is 2. The summed E-state index contributed by atoms with van der Waals surface area (Å²) in [7, 11) is 1.61. The molecule has 0 spiro atoms. The molecule has 0 atom stereocenters. The van der Waals surface area contributed by atoms with E-state index in [1.165, 1.54) is 0 Å². The molecule has 0 bridgehead atoms. The highest BCUT2D eigenvalue weighted by Crippen LogP contribution is 2.34. The van der Waals surface area contributed by atoms with E-state index in [2.05, 4.69) is 26.2 Å². The number of ether oxygens (including phenoxy) is 1. The van der Waals surface area contributed by atoms with Crippen molar-refractivity contribution in [3.8, 4) is 34.5 Å². The number of hydrogen-bond donors (Lipinski definition) is 3. The molecule has 1 aromatic carbocycles. The van der Waals surface area contributed by atoms with Gasteiger partial charge < -0.3 is 15.5 Å². The standard InChI is InChI=1S/C18H14N6O/c1-25-10-4-5-14-12(7-10)17(24-23-14)11-8-16(15-3-2-6-21-15)22-18(20)13(11)9-19/h2-8,21H,1H3,(H2,20,22)(H,23,24). The van der Waals surface area contributed by atoms with Crippen molar-refractivity contribution in [1.29, 1.82) is 5.26 Å². The number of aromatic nitrogens is 4. The van der Waals surface area contributed by atoms with E-state index in [0.29, 0.717) is 28.3 Å². The fraction of sp³-hybridized carbons (Fsp3) is 0.0556. The molecule has 0 unspecified atom stereocenters. The highest BCUT2D eigenvalue weighted by Gasteiger charge is 2.18. The molecule has 0 fully saturated rings. The van der Waals surface area contributed by atoms with Gasteiger partial charge in [-0.05, 0) is 36.4 Å². The molecule has 3 aromatic heterocycles. The second kappa shape index (κ2) is 5.69. The molecule has 7 nitrogen and oxygen atoms in total. The molecule has 4 aromatic rings. The van der Waals surface area contributed by atoms with Crippen LogP contribution < -0.4 is 10.5 Å². The van der Waals surface area contributed by atoms with Crippen LogP contribution in [0.3, 0.4) is 0 Å². The number of nitriles is 1. The summed E-state index contributed by atoms with van der Waals surface area (Å²) in [6.07, 6.45) is 1.81. The summed E-state index contributed by atoms with van der Waals surface area (Å²) in [5.74, 6) is 0.879. The number of aromatic amines is 2. The zero-order valence-corrected chi connectivity index (χ0v) is 13.4. The number of pyridine rings is 1. The lowest BCUT2D eigenvalue weighted by Crippen LogP contribution is -2.00. The highest BCUT2D eigenvalue weighted by molar-refractivity contribution is 5.96. The minimum Gasteiger partial charge on any atom is -0.497 e. The number of benzene rings is 1. The second-order valence-electron chi connectivity index (χ2n) is 5.49. The van der Waals surface area contributed by atoms with Crippen molar-refractivity contribution in [2.45, 2.75) is 0 Å². The maximum Gasteiger partial charge on any atom is 0.142 e. The van der Waals surface area contributed by atoms with E-state index in [9.17, 15) is 5.26 Å². The Morgan fingerprint density at radius 3 is 2.84 bits per heavy atom. The van der Waals surface area contributed by atoms with Gasteiger partial charge in [0.1, 0.15) is 28.9 Å². The van der Waals surface area contributed by atoms with Gasteiger partial charge in [-0.3, -0.25) is 5.10 Å². The van der Waals surface area contributed by atoms with Gasteiger partial charge in [-0.2, -0.15) is 10.4 Å². The van der Waals surface area contributed by atoms with Gasteiger partial charge >= 0.3 is 0 Å². The maximum atomic E-state index is 9.55. The van der Waals surface area contributed by atoms with Crippen LogP contribution in [0.4, 0.5) is 5.82 Å². The van der Waals surface area contributed by atoms with E-state index < -0.39 is 0 Å². The Morgan fingerprint density at radius 2 is 2.12 bits per heavy atom.